The van der Waals surface area contributed by atoms with Gasteiger partial charge < -0.3 is 10.2 Å². The molecule has 0 aromatic carbocycles. The van der Waals surface area contributed by atoms with Crippen LogP contribution < -0.4 is 10.2 Å². The predicted molar refractivity (Wildman–Crippen MR) is 86.6 cm³/mol. The average molecular weight is 293 g/mol. The Morgan fingerprint density at radius 2 is 2.00 bits per heavy atom. The molecule has 1 atom stereocenters. The molecule has 3 nitrogen and oxygen atoms in total. The first kappa shape index (κ1) is 14.3. The zero-order chi connectivity index (χ0) is 14.1. The summed E-state index contributed by atoms with van der Waals surface area (Å²) in [6.07, 6.45) is 6.37. The van der Waals surface area contributed by atoms with E-state index in [2.05, 4.69) is 31.1 Å². The number of hydrogen-bond acceptors (Lipinski definition) is 4. The summed E-state index contributed by atoms with van der Waals surface area (Å²) in [6.45, 7) is 7.11. The van der Waals surface area contributed by atoms with E-state index in [9.17, 15) is 0 Å². The molecule has 1 aromatic rings. The van der Waals surface area contributed by atoms with E-state index in [4.69, 9.17) is 4.98 Å². The second-order valence-electron chi connectivity index (χ2n) is 6.61. The number of nitrogens with zero attached hydrogens (tertiary/aromatic N) is 2. The fourth-order valence-corrected chi connectivity index (χ4v) is 4.88. The van der Waals surface area contributed by atoms with Crippen molar-refractivity contribution in [1.29, 1.82) is 0 Å². The minimum Gasteiger partial charge on any atom is -0.348 e. The molecule has 4 heteroatoms. The topological polar surface area (TPSA) is 28.2 Å². The lowest BCUT2D eigenvalue weighted by Gasteiger charge is -2.33. The Bertz CT molecular complexity index is 447. The molecule has 1 aliphatic carbocycles. The molecule has 2 aliphatic rings. The largest absolute Gasteiger partial charge is 0.348 e. The van der Waals surface area contributed by atoms with Crippen LogP contribution in [0.25, 0.3) is 0 Å². The molecule has 0 bridgehead atoms. The molecule has 0 amide bonds. The van der Waals surface area contributed by atoms with Crippen molar-refractivity contribution in [2.24, 2.45) is 11.8 Å². The third-order valence-electron chi connectivity index (χ3n) is 5.04. The molecule has 0 saturated carbocycles. The number of nitrogens with one attached hydrogen (secondary N) is 1. The van der Waals surface area contributed by atoms with Gasteiger partial charge in [-0.15, -0.1) is 0 Å². The fraction of sp³-hybridized carbons (Fsp3) is 0.812. The number of aryl methyl sites for hydroxylation is 1. The summed E-state index contributed by atoms with van der Waals surface area (Å²) < 4.78 is 0. The molecule has 2 heterocycles. The van der Waals surface area contributed by atoms with Gasteiger partial charge in [-0.2, -0.15) is 0 Å². The SMILES string of the molecule is CNC1CCCc2nc(N3CCC(C(C)C)CC3)sc21. The van der Waals surface area contributed by atoms with Gasteiger partial charge in [-0.05, 0) is 51.0 Å². The van der Waals surface area contributed by atoms with Crippen molar-refractivity contribution in [2.45, 2.75) is 52.0 Å². The van der Waals surface area contributed by atoms with Crippen LogP contribution in [0.2, 0.25) is 0 Å². The Kier molecular flexibility index (Phi) is 4.32. The maximum atomic E-state index is 4.95. The highest BCUT2D eigenvalue weighted by molar-refractivity contribution is 7.15. The average Bonchev–Trinajstić information content (AvgIpc) is 2.91. The summed E-state index contributed by atoms with van der Waals surface area (Å²) in [5, 5.41) is 4.73. The quantitative estimate of drug-likeness (QED) is 0.922. The number of rotatable bonds is 3. The van der Waals surface area contributed by atoms with Crippen molar-refractivity contribution in [2.75, 3.05) is 25.0 Å². The molecule has 1 aliphatic heterocycles. The van der Waals surface area contributed by atoms with E-state index in [0.717, 1.165) is 11.8 Å². The van der Waals surface area contributed by atoms with Gasteiger partial charge in [0.25, 0.3) is 0 Å². The number of thiazole rings is 1. The summed E-state index contributed by atoms with van der Waals surface area (Å²) in [5.41, 5.74) is 1.36. The lowest BCUT2D eigenvalue weighted by atomic mass is 9.87. The van der Waals surface area contributed by atoms with Gasteiger partial charge in [0.1, 0.15) is 0 Å². The van der Waals surface area contributed by atoms with Crippen molar-refractivity contribution in [1.82, 2.24) is 10.3 Å². The first-order valence-corrected chi connectivity index (χ1v) is 8.92. The molecular formula is C16H27N3S. The lowest BCUT2D eigenvalue weighted by molar-refractivity contribution is 0.311. The van der Waals surface area contributed by atoms with E-state index < -0.39 is 0 Å². The Morgan fingerprint density at radius 1 is 1.25 bits per heavy atom. The first-order valence-electron chi connectivity index (χ1n) is 8.11. The minimum atomic E-state index is 0.540. The standard InChI is InChI=1S/C16H27N3S/c1-11(2)12-7-9-19(10-8-12)16-18-14-6-4-5-13(17-3)15(14)20-16/h11-13,17H,4-10H2,1-3H3. The van der Waals surface area contributed by atoms with Crippen LogP contribution in [0.1, 0.15) is 56.1 Å². The summed E-state index contributed by atoms with van der Waals surface area (Å²) in [7, 11) is 2.08. The van der Waals surface area contributed by atoms with Crippen LogP contribution in [-0.4, -0.2) is 25.1 Å². The second-order valence-corrected chi connectivity index (χ2v) is 7.62. The molecule has 20 heavy (non-hydrogen) atoms. The molecule has 1 unspecified atom stereocenters. The summed E-state index contributed by atoms with van der Waals surface area (Å²) >= 11 is 1.94. The predicted octanol–water partition coefficient (Wildman–Crippen LogP) is 3.61. The van der Waals surface area contributed by atoms with Crippen molar-refractivity contribution in [3.8, 4) is 0 Å². The molecule has 1 fully saturated rings. The normalized spacial score (nSPS) is 24.2. The third kappa shape index (κ3) is 2.73. The van der Waals surface area contributed by atoms with Crippen molar-refractivity contribution in [3.63, 3.8) is 0 Å². The Hall–Kier alpha value is -0.610. The number of anilines is 1. The number of aromatic nitrogens is 1. The van der Waals surface area contributed by atoms with Gasteiger partial charge in [-0.25, -0.2) is 4.98 Å². The fourth-order valence-electron chi connectivity index (χ4n) is 3.57. The molecule has 0 spiro atoms. The molecule has 1 aromatic heterocycles. The Labute approximate surface area is 126 Å². The molecule has 3 rings (SSSR count). The van der Waals surface area contributed by atoms with Crippen molar-refractivity contribution in [3.05, 3.63) is 10.6 Å². The maximum Gasteiger partial charge on any atom is 0.185 e. The van der Waals surface area contributed by atoms with Gasteiger partial charge in [-0.3, -0.25) is 0 Å². The lowest BCUT2D eigenvalue weighted by Crippen LogP contribution is -2.35. The van der Waals surface area contributed by atoms with Crippen LogP contribution in [0.3, 0.4) is 0 Å². The van der Waals surface area contributed by atoms with E-state index in [1.165, 1.54) is 60.9 Å². The van der Waals surface area contributed by atoms with E-state index >= 15 is 0 Å². The van der Waals surface area contributed by atoms with Gasteiger partial charge in [0.05, 0.1) is 5.69 Å². The summed E-state index contributed by atoms with van der Waals surface area (Å²) in [6, 6.07) is 0.540. The monoisotopic (exact) mass is 293 g/mol. The highest BCUT2D eigenvalue weighted by Gasteiger charge is 2.27. The maximum absolute atomic E-state index is 4.95. The van der Waals surface area contributed by atoms with Crippen LogP contribution >= 0.6 is 11.3 Å². The molecule has 1 saturated heterocycles. The molecule has 0 radical (unpaired) electrons. The van der Waals surface area contributed by atoms with Crippen LogP contribution in [-0.2, 0) is 6.42 Å². The van der Waals surface area contributed by atoms with Gasteiger partial charge >= 0.3 is 0 Å². The molecule has 112 valence electrons. The zero-order valence-electron chi connectivity index (χ0n) is 13.0. The van der Waals surface area contributed by atoms with Crippen LogP contribution in [0.15, 0.2) is 0 Å². The Morgan fingerprint density at radius 3 is 2.65 bits per heavy atom. The summed E-state index contributed by atoms with van der Waals surface area (Å²) in [5.74, 6) is 1.74. The first-order chi connectivity index (χ1) is 9.69. The minimum absolute atomic E-state index is 0.540. The molecular weight excluding hydrogens is 266 g/mol. The molecule has 1 N–H and O–H groups in total. The number of piperidine rings is 1. The zero-order valence-corrected chi connectivity index (χ0v) is 13.8. The van der Waals surface area contributed by atoms with E-state index in [0.29, 0.717) is 6.04 Å². The van der Waals surface area contributed by atoms with Gasteiger partial charge in [0.2, 0.25) is 0 Å². The van der Waals surface area contributed by atoms with Crippen LogP contribution in [0.5, 0.6) is 0 Å². The van der Waals surface area contributed by atoms with Crippen molar-refractivity contribution >= 4 is 16.5 Å². The van der Waals surface area contributed by atoms with Gasteiger partial charge in [0, 0.05) is 24.0 Å². The Balaban J connectivity index is 1.71. The highest BCUT2D eigenvalue weighted by atomic mass is 32.1. The van der Waals surface area contributed by atoms with E-state index in [-0.39, 0.29) is 0 Å². The summed E-state index contributed by atoms with van der Waals surface area (Å²) in [4.78, 5) is 8.97. The smallest absolute Gasteiger partial charge is 0.185 e. The van der Waals surface area contributed by atoms with Crippen LogP contribution in [0, 0.1) is 11.8 Å². The van der Waals surface area contributed by atoms with Crippen LogP contribution in [0.4, 0.5) is 5.13 Å². The number of hydrogen-bond donors (Lipinski definition) is 1. The van der Waals surface area contributed by atoms with E-state index in [1.54, 1.807) is 0 Å². The number of fused-ring (bicyclic) bond motifs is 1. The van der Waals surface area contributed by atoms with Crippen molar-refractivity contribution < 1.29 is 0 Å². The second kappa shape index (κ2) is 6.02. The highest BCUT2D eigenvalue weighted by Crippen LogP contribution is 2.38. The third-order valence-corrected chi connectivity index (χ3v) is 6.31. The van der Waals surface area contributed by atoms with Gasteiger partial charge in [0.15, 0.2) is 5.13 Å². The van der Waals surface area contributed by atoms with Gasteiger partial charge in [-0.1, -0.05) is 25.2 Å². The van der Waals surface area contributed by atoms with E-state index in [1.807, 2.05) is 11.3 Å².